The molecular weight excluding hydrogens is 380 g/mol. The van der Waals surface area contributed by atoms with E-state index >= 15 is 0 Å². The quantitative estimate of drug-likeness (QED) is 0.756. The summed E-state index contributed by atoms with van der Waals surface area (Å²) in [4.78, 5) is 20.9. The smallest absolute Gasteiger partial charge is 0.303 e. The van der Waals surface area contributed by atoms with Gasteiger partial charge < -0.3 is 14.7 Å². The average Bonchev–Trinajstić information content (AvgIpc) is 3.51. The number of carbonyl (C=O) groups is 1. The molecule has 1 aromatic heterocycles. The lowest BCUT2D eigenvalue weighted by Gasteiger charge is -2.33. The van der Waals surface area contributed by atoms with E-state index in [1.165, 1.54) is 24.5 Å². The van der Waals surface area contributed by atoms with Gasteiger partial charge >= 0.3 is 5.97 Å². The maximum atomic E-state index is 14.8. The highest BCUT2D eigenvalue weighted by Gasteiger charge is 2.26. The van der Waals surface area contributed by atoms with Crippen LogP contribution in [0.5, 0.6) is 5.88 Å². The number of aliphatic carboxylic acids is 1. The van der Waals surface area contributed by atoms with Gasteiger partial charge in [-0.3, -0.25) is 9.78 Å². The zero-order valence-electron chi connectivity index (χ0n) is 16.0. The Balaban J connectivity index is 1.49. The van der Waals surface area contributed by atoms with Gasteiger partial charge in [-0.1, -0.05) is 0 Å². The molecular formula is C21H23F2N3O3. The number of carboxylic acid groups (broad SMARTS) is 1. The largest absolute Gasteiger partial charge is 0.481 e. The maximum absolute atomic E-state index is 14.8. The molecule has 8 heteroatoms. The summed E-state index contributed by atoms with van der Waals surface area (Å²) in [6.45, 7) is 1.43. The summed E-state index contributed by atoms with van der Waals surface area (Å²) in [5.74, 6) is -1.21. The molecule has 1 aliphatic carbocycles. The van der Waals surface area contributed by atoms with Crippen molar-refractivity contribution in [2.75, 3.05) is 24.6 Å². The maximum Gasteiger partial charge on any atom is 0.303 e. The summed E-state index contributed by atoms with van der Waals surface area (Å²) >= 11 is 0. The zero-order valence-corrected chi connectivity index (χ0v) is 16.0. The number of ether oxygens (including phenoxy) is 1. The Morgan fingerprint density at radius 1 is 1.10 bits per heavy atom. The number of nitrogens with zero attached hydrogens (tertiary/aromatic N) is 3. The Morgan fingerprint density at radius 3 is 2.41 bits per heavy atom. The molecule has 1 aromatic carbocycles. The lowest BCUT2D eigenvalue weighted by Crippen LogP contribution is -2.35. The molecule has 29 heavy (non-hydrogen) atoms. The number of hydrogen-bond donors (Lipinski definition) is 1. The van der Waals surface area contributed by atoms with Crippen molar-refractivity contribution in [3.63, 3.8) is 0 Å². The molecule has 0 unspecified atom stereocenters. The Hall–Kier alpha value is -2.77. The molecule has 2 fully saturated rings. The number of anilines is 1. The Kier molecular flexibility index (Phi) is 5.60. The number of benzene rings is 1. The topological polar surface area (TPSA) is 75.5 Å². The first-order valence-electron chi connectivity index (χ1n) is 9.90. The van der Waals surface area contributed by atoms with E-state index in [2.05, 4.69) is 9.97 Å². The second kappa shape index (κ2) is 8.31. The Labute approximate surface area is 167 Å². The van der Waals surface area contributed by atoms with Gasteiger partial charge in [0.05, 0.1) is 24.7 Å². The summed E-state index contributed by atoms with van der Waals surface area (Å²) in [6, 6.07) is 2.52. The van der Waals surface area contributed by atoms with E-state index in [0.717, 1.165) is 12.8 Å². The molecule has 2 aromatic rings. The number of rotatable bonds is 7. The van der Waals surface area contributed by atoms with E-state index in [4.69, 9.17) is 9.84 Å². The van der Waals surface area contributed by atoms with Crippen LogP contribution in [0.3, 0.4) is 0 Å². The number of aromatic nitrogens is 2. The first-order valence-corrected chi connectivity index (χ1v) is 9.90. The third-order valence-electron chi connectivity index (χ3n) is 5.48. The molecule has 2 heterocycles. The van der Waals surface area contributed by atoms with E-state index < -0.39 is 17.6 Å². The molecule has 0 amide bonds. The standard InChI is InChI=1S/C21H23F2N3O3/c22-16-8-15(18-10-24-11-19(25-18)29-12-14-1-2-14)9-17(23)21(16)26-5-3-13(4-6-26)7-20(27)28/h8-11,13-14H,1-7,12H2,(H,27,28). The summed E-state index contributed by atoms with van der Waals surface area (Å²) < 4.78 is 35.2. The molecule has 0 radical (unpaired) electrons. The fraction of sp³-hybridized carbons (Fsp3) is 0.476. The van der Waals surface area contributed by atoms with Crippen molar-refractivity contribution in [2.45, 2.75) is 32.1 Å². The number of carboxylic acids is 1. The van der Waals surface area contributed by atoms with Crippen molar-refractivity contribution in [1.29, 1.82) is 0 Å². The fourth-order valence-electron chi connectivity index (χ4n) is 3.67. The van der Waals surface area contributed by atoms with Crippen molar-refractivity contribution in [3.05, 3.63) is 36.2 Å². The molecule has 1 aliphatic heterocycles. The first-order chi connectivity index (χ1) is 14.0. The fourth-order valence-corrected chi connectivity index (χ4v) is 3.67. The number of halogens is 2. The molecule has 2 aliphatic rings. The van der Waals surface area contributed by atoms with Crippen LogP contribution >= 0.6 is 0 Å². The summed E-state index contributed by atoms with van der Waals surface area (Å²) in [5, 5.41) is 8.91. The van der Waals surface area contributed by atoms with Crippen LogP contribution in [-0.2, 0) is 4.79 Å². The second-order valence-corrected chi connectivity index (χ2v) is 7.81. The summed E-state index contributed by atoms with van der Waals surface area (Å²) in [6.07, 6.45) is 6.54. The van der Waals surface area contributed by atoms with Crippen molar-refractivity contribution < 1.29 is 23.4 Å². The van der Waals surface area contributed by atoms with E-state index in [1.54, 1.807) is 4.90 Å². The third-order valence-corrected chi connectivity index (χ3v) is 5.48. The van der Waals surface area contributed by atoms with E-state index in [1.807, 2.05) is 0 Å². The normalized spacial score (nSPS) is 17.4. The van der Waals surface area contributed by atoms with Gasteiger partial charge in [0.2, 0.25) is 5.88 Å². The Bertz CT molecular complexity index is 873. The highest BCUT2D eigenvalue weighted by Crippen LogP contribution is 2.33. The van der Waals surface area contributed by atoms with Gasteiger partial charge in [-0.05, 0) is 49.7 Å². The third kappa shape index (κ3) is 4.81. The van der Waals surface area contributed by atoms with Gasteiger partial charge in [-0.2, -0.15) is 0 Å². The van der Waals surface area contributed by atoms with Gasteiger partial charge in [-0.25, -0.2) is 13.8 Å². The van der Waals surface area contributed by atoms with Crippen LogP contribution in [0, 0.1) is 23.5 Å². The van der Waals surface area contributed by atoms with E-state index in [0.29, 0.717) is 55.6 Å². The molecule has 154 valence electrons. The molecule has 0 spiro atoms. The van der Waals surface area contributed by atoms with Crippen LogP contribution in [-0.4, -0.2) is 40.7 Å². The van der Waals surface area contributed by atoms with Gasteiger partial charge in [0.25, 0.3) is 0 Å². The lowest BCUT2D eigenvalue weighted by atomic mass is 9.93. The predicted molar refractivity (Wildman–Crippen MR) is 103 cm³/mol. The molecule has 4 rings (SSSR count). The lowest BCUT2D eigenvalue weighted by molar-refractivity contribution is -0.138. The highest BCUT2D eigenvalue weighted by atomic mass is 19.1. The van der Waals surface area contributed by atoms with E-state index in [-0.39, 0.29) is 18.0 Å². The van der Waals surface area contributed by atoms with Crippen LogP contribution in [0.4, 0.5) is 14.5 Å². The minimum Gasteiger partial charge on any atom is -0.481 e. The van der Waals surface area contributed by atoms with Gasteiger partial charge in [-0.15, -0.1) is 0 Å². The monoisotopic (exact) mass is 403 g/mol. The predicted octanol–water partition coefficient (Wildman–Crippen LogP) is 3.90. The van der Waals surface area contributed by atoms with Crippen molar-refractivity contribution >= 4 is 11.7 Å². The SMILES string of the molecule is O=C(O)CC1CCN(c2c(F)cc(-c3cncc(OCC4CC4)n3)cc2F)CC1. The first kappa shape index (κ1) is 19.5. The van der Waals surface area contributed by atoms with Crippen LogP contribution in [0.2, 0.25) is 0 Å². The minimum atomic E-state index is -0.838. The number of hydrogen-bond acceptors (Lipinski definition) is 5. The van der Waals surface area contributed by atoms with Crippen LogP contribution < -0.4 is 9.64 Å². The van der Waals surface area contributed by atoms with Gasteiger partial charge in [0.15, 0.2) is 0 Å². The summed E-state index contributed by atoms with van der Waals surface area (Å²) in [5.41, 5.74) is 0.577. The van der Waals surface area contributed by atoms with Crippen LogP contribution in [0.25, 0.3) is 11.3 Å². The minimum absolute atomic E-state index is 0.0443. The Morgan fingerprint density at radius 2 is 1.79 bits per heavy atom. The molecule has 1 saturated heterocycles. The average molecular weight is 403 g/mol. The van der Waals surface area contributed by atoms with Crippen LogP contribution in [0.1, 0.15) is 32.1 Å². The van der Waals surface area contributed by atoms with Crippen molar-refractivity contribution in [2.24, 2.45) is 11.8 Å². The van der Waals surface area contributed by atoms with Gasteiger partial charge in [0, 0.05) is 25.1 Å². The summed E-state index contributed by atoms with van der Waals surface area (Å²) in [7, 11) is 0. The second-order valence-electron chi connectivity index (χ2n) is 7.81. The van der Waals surface area contributed by atoms with Gasteiger partial charge in [0.1, 0.15) is 17.3 Å². The number of piperidine rings is 1. The zero-order chi connectivity index (χ0) is 20.4. The molecule has 0 atom stereocenters. The molecule has 1 saturated carbocycles. The molecule has 0 bridgehead atoms. The van der Waals surface area contributed by atoms with Crippen molar-refractivity contribution in [1.82, 2.24) is 9.97 Å². The highest BCUT2D eigenvalue weighted by molar-refractivity contribution is 5.67. The van der Waals surface area contributed by atoms with Crippen molar-refractivity contribution in [3.8, 4) is 17.1 Å². The van der Waals surface area contributed by atoms with Crippen LogP contribution in [0.15, 0.2) is 24.5 Å². The molecule has 1 N–H and O–H groups in total. The molecule has 6 nitrogen and oxygen atoms in total. The van der Waals surface area contributed by atoms with E-state index in [9.17, 15) is 13.6 Å².